The van der Waals surface area contributed by atoms with Gasteiger partial charge in [0.2, 0.25) is 10.0 Å². The Morgan fingerprint density at radius 1 is 0.955 bits per heavy atom. The summed E-state index contributed by atoms with van der Waals surface area (Å²) in [6.45, 7) is -1.98. The zero-order valence-corrected chi connectivity index (χ0v) is 11.8. The first kappa shape index (κ1) is 18.5. The van der Waals surface area contributed by atoms with E-state index >= 15 is 0 Å². The van der Waals surface area contributed by atoms with E-state index in [1.54, 1.807) is 0 Å². The Labute approximate surface area is 120 Å². The highest BCUT2D eigenvalue weighted by molar-refractivity contribution is 7.89. The van der Waals surface area contributed by atoms with E-state index in [0.717, 1.165) is 14.1 Å². The Morgan fingerprint density at radius 2 is 1.41 bits per heavy atom. The molecule has 0 bridgehead atoms. The van der Waals surface area contributed by atoms with Crippen LogP contribution in [0.15, 0.2) is 4.90 Å². The summed E-state index contributed by atoms with van der Waals surface area (Å²) in [5, 5.41) is 1.24. The lowest BCUT2D eigenvalue weighted by Gasteiger charge is -2.19. The third kappa shape index (κ3) is 3.43. The first-order valence-electron chi connectivity index (χ1n) is 5.39. The Morgan fingerprint density at radius 3 is 1.82 bits per heavy atom. The molecule has 0 spiro atoms. The summed E-state index contributed by atoms with van der Waals surface area (Å²) in [6, 6.07) is 0. The maximum absolute atomic E-state index is 13.7. The number of sulfonamides is 1. The van der Waals surface area contributed by atoms with Crippen molar-refractivity contribution in [3.63, 3.8) is 0 Å². The molecule has 0 aliphatic rings. The highest BCUT2D eigenvalue weighted by Crippen LogP contribution is 2.34. The molecule has 0 amide bonds. The van der Waals surface area contributed by atoms with Gasteiger partial charge in [0.15, 0.2) is 23.3 Å². The SMILES string of the molecule is CN(C)S(=O)(=O)c1c(F)c(F)c(F)c(F)c1NCC(F)(F)F. The van der Waals surface area contributed by atoms with E-state index in [2.05, 4.69) is 0 Å². The summed E-state index contributed by atoms with van der Waals surface area (Å²) < 4.78 is 114. The molecule has 0 aliphatic carbocycles. The van der Waals surface area contributed by atoms with Crippen LogP contribution in [0.3, 0.4) is 0 Å². The molecule has 0 aromatic heterocycles. The van der Waals surface area contributed by atoms with Crippen LogP contribution in [0, 0.1) is 23.3 Å². The van der Waals surface area contributed by atoms with Crippen LogP contribution in [-0.4, -0.2) is 39.5 Å². The summed E-state index contributed by atoms with van der Waals surface area (Å²) in [5.41, 5.74) is -1.64. The molecule has 0 atom stereocenters. The molecule has 4 nitrogen and oxygen atoms in total. The Bertz CT molecular complexity index is 686. The van der Waals surface area contributed by atoms with Gasteiger partial charge in [-0.1, -0.05) is 0 Å². The molecule has 1 aromatic carbocycles. The van der Waals surface area contributed by atoms with Crippen molar-refractivity contribution in [2.45, 2.75) is 11.1 Å². The molecule has 0 aliphatic heterocycles. The second-order valence-corrected chi connectivity index (χ2v) is 6.30. The molecular formula is C10H9F7N2O2S. The van der Waals surface area contributed by atoms with Crippen LogP contribution in [0.25, 0.3) is 0 Å². The third-order valence-electron chi connectivity index (χ3n) is 2.43. The molecule has 0 fully saturated rings. The van der Waals surface area contributed by atoms with Gasteiger partial charge in [0.05, 0.1) is 5.69 Å². The second-order valence-electron chi connectivity index (χ2n) is 4.22. The van der Waals surface area contributed by atoms with Crippen LogP contribution in [-0.2, 0) is 10.0 Å². The molecule has 1 aromatic rings. The summed E-state index contributed by atoms with van der Waals surface area (Å²) in [4.78, 5) is -1.75. The fourth-order valence-corrected chi connectivity index (χ4v) is 2.48. The van der Waals surface area contributed by atoms with Crippen LogP contribution >= 0.6 is 0 Å². The monoisotopic (exact) mass is 354 g/mol. The van der Waals surface area contributed by atoms with Crippen molar-refractivity contribution in [2.24, 2.45) is 0 Å². The van der Waals surface area contributed by atoms with Gasteiger partial charge in [0.1, 0.15) is 11.4 Å². The third-order valence-corrected chi connectivity index (χ3v) is 4.29. The maximum Gasteiger partial charge on any atom is 0.405 e. The van der Waals surface area contributed by atoms with Gasteiger partial charge in [-0.05, 0) is 0 Å². The minimum atomic E-state index is -4.94. The van der Waals surface area contributed by atoms with Gasteiger partial charge in [-0.2, -0.15) is 13.2 Å². The Balaban J connectivity index is 3.66. The van der Waals surface area contributed by atoms with Crippen molar-refractivity contribution in [1.82, 2.24) is 4.31 Å². The van der Waals surface area contributed by atoms with Crippen molar-refractivity contribution in [3.05, 3.63) is 23.3 Å². The van der Waals surface area contributed by atoms with E-state index in [4.69, 9.17) is 0 Å². The van der Waals surface area contributed by atoms with Crippen LogP contribution < -0.4 is 5.32 Å². The molecule has 0 saturated carbocycles. The lowest BCUT2D eigenvalue weighted by molar-refractivity contribution is -0.115. The van der Waals surface area contributed by atoms with Crippen molar-refractivity contribution in [2.75, 3.05) is 26.0 Å². The lowest BCUT2D eigenvalue weighted by Crippen LogP contribution is -2.28. The number of hydrogen-bond acceptors (Lipinski definition) is 3. The molecule has 0 unspecified atom stereocenters. The minimum Gasteiger partial charge on any atom is -0.373 e. The maximum atomic E-state index is 13.7. The van der Waals surface area contributed by atoms with Crippen LogP contribution in [0.4, 0.5) is 36.4 Å². The molecule has 12 heteroatoms. The standard InChI is InChI=1S/C10H9F7N2O2S/c1-19(2)22(20,21)9-7(14)5(12)4(11)6(13)8(9)18-3-10(15,16)17/h18H,3H2,1-2H3. The molecular weight excluding hydrogens is 345 g/mol. The number of nitrogens with one attached hydrogen (secondary N) is 1. The predicted octanol–water partition coefficient (Wildman–Crippen LogP) is 2.47. The van der Waals surface area contributed by atoms with Crippen LogP contribution in [0.2, 0.25) is 0 Å². The fourth-order valence-electron chi connectivity index (χ4n) is 1.38. The van der Waals surface area contributed by atoms with Gasteiger partial charge < -0.3 is 5.32 Å². The molecule has 22 heavy (non-hydrogen) atoms. The zero-order valence-electron chi connectivity index (χ0n) is 11.0. The number of halogens is 7. The van der Waals surface area contributed by atoms with Gasteiger partial charge >= 0.3 is 6.18 Å². The smallest absolute Gasteiger partial charge is 0.373 e. The summed E-state index contributed by atoms with van der Waals surface area (Å²) in [7, 11) is -3.19. The second kappa shape index (κ2) is 5.91. The Kier molecular flexibility index (Phi) is 4.97. The van der Waals surface area contributed by atoms with Gasteiger partial charge in [-0.15, -0.1) is 0 Å². The minimum absolute atomic E-state index is 0.307. The van der Waals surface area contributed by atoms with Crippen molar-refractivity contribution >= 4 is 15.7 Å². The average Bonchev–Trinajstić information content (AvgIpc) is 2.37. The van der Waals surface area contributed by atoms with Crippen molar-refractivity contribution < 1.29 is 39.2 Å². The molecule has 126 valence electrons. The molecule has 0 heterocycles. The van der Waals surface area contributed by atoms with Crippen LogP contribution in [0.5, 0.6) is 0 Å². The number of rotatable bonds is 4. The van der Waals surface area contributed by atoms with E-state index in [0.29, 0.717) is 4.31 Å². The van der Waals surface area contributed by atoms with Gasteiger partial charge in [-0.3, -0.25) is 0 Å². The summed E-state index contributed by atoms with van der Waals surface area (Å²) >= 11 is 0. The largest absolute Gasteiger partial charge is 0.405 e. The first-order valence-corrected chi connectivity index (χ1v) is 6.83. The lowest BCUT2D eigenvalue weighted by atomic mass is 10.2. The molecule has 0 saturated heterocycles. The quantitative estimate of drug-likeness (QED) is 0.513. The van der Waals surface area contributed by atoms with Gasteiger partial charge in [0, 0.05) is 14.1 Å². The van der Waals surface area contributed by atoms with E-state index < -0.39 is 56.6 Å². The number of alkyl halides is 3. The van der Waals surface area contributed by atoms with Gasteiger partial charge in [-0.25, -0.2) is 30.3 Å². The molecule has 1 rings (SSSR count). The predicted molar refractivity (Wildman–Crippen MR) is 61.7 cm³/mol. The highest BCUT2D eigenvalue weighted by atomic mass is 32.2. The average molecular weight is 354 g/mol. The van der Waals surface area contributed by atoms with E-state index in [1.165, 1.54) is 5.32 Å². The number of benzene rings is 1. The molecule has 0 radical (unpaired) electrons. The van der Waals surface area contributed by atoms with Crippen molar-refractivity contribution in [1.29, 1.82) is 0 Å². The van der Waals surface area contributed by atoms with E-state index in [-0.39, 0.29) is 0 Å². The number of anilines is 1. The van der Waals surface area contributed by atoms with Crippen LogP contribution in [0.1, 0.15) is 0 Å². The fraction of sp³-hybridized carbons (Fsp3) is 0.400. The normalized spacial score (nSPS) is 12.8. The highest BCUT2D eigenvalue weighted by Gasteiger charge is 2.36. The first-order chi connectivity index (χ1) is 9.80. The molecule has 1 N–H and O–H groups in total. The van der Waals surface area contributed by atoms with Gasteiger partial charge in [0.25, 0.3) is 0 Å². The Hall–Kier alpha value is -1.56. The zero-order chi connectivity index (χ0) is 17.5. The number of nitrogens with zero attached hydrogens (tertiary/aromatic N) is 1. The topological polar surface area (TPSA) is 49.4 Å². The van der Waals surface area contributed by atoms with E-state index in [9.17, 15) is 39.2 Å². The van der Waals surface area contributed by atoms with E-state index in [1.807, 2.05) is 0 Å². The summed E-state index contributed by atoms with van der Waals surface area (Å²) in [5.74, 6) is -9.48. The van der Waals surface area contributed by atoms with Crippen molar-refractivity contribution in [3.8, 4) is 0 Å². The number of hydrogen-bond donors (Lipinski definition) is 1. The summed E-state index contributed by atoms with van der Waals surface area (Å²) in [6.07, 6.45) is -4.94.